The second kappa shape index (κ2) is 1.21. The highest BCUT2D eigenvalue weighted by Crippen LogP contribution is 2.51. The predicted molar refractivity (Wildman–Crippen MR) is 17.5 cm³/mol. The molecule has 1 fully saturated rings. The Balaban J connectivity index is 2.74. The van der Waals surface area contributed by atoms with E-state index in [9.17, 15) is 18.0 Å². The minimum absolute atomic E-state index is 2.30. The van der Waals surface area contributed by atoms with Gasteiger partial charge in [0.2, 0.25) is 0 Å². The van der Waals surface area contributed by atoms with E-state index in [0.717, 1.165) is 0 Å². The third-order valence-electron chi connectivity index (χ3n) is 0.877. The van der Waals surface area contributed by atoms with Crippen LogP contribution in [0.3, 0.4) is 0 Å². The fourth-order valence-corrected chi connectivity index (χ4v) is 0.319. The lowest BCUT2D eigenvalue weighted by atomic mass is 10.4. The summed E-state index contributed by atoms with van der Waals surface area (Å²) in [5, 5.41) is 7.67. The van der Waals surface area contributed by atoms with Crippen LogP contribution < -0.4 is 0 Å². The van der Waals surface area contributed by atoms with E-state index in [2.05, 4.69) is 4.74 Å². The van der Waals surface area contributed by atoms with E-state index in [-0.39, 0.29) is 0 Å². The van der Waals surface area contributed by atoms with Gasteiger partial charge in [-0.2, -0.15) is 13.2 Å². The summed E-state index contributed by atoms with van der Waals surface area (Å²) in [6.07, 6.45) is -4.14. The van der Waals surface area contributed by atoms with Crippen LogP contribution in [0, 0.1) is 0 Å². The summed E-state index contributed by atoms with van der Waals surface area (Å²) in [4.78, 5) is 9.52. The monoisotopic (exact) mass is 142 g/mol. The highest BCUT2D eigenvalue weighted by molar-refractivity contribution is 5.79. The second-order valence-electron chi connectivity index (χ2n) is 1.52. The lowest BCUT2D eigenvalue weighted by Gasteiger charge is -1.88. The molecule has 0 bridgehead atoms. The third kappa shape index (κ3) is 0.593. The maximum absolute atomic E-state index is 11.8. The summed E-state index contributed by atoms with van der Waals surface area (Å²) < 4.78 is 37.7. The maximum atomic E-state index is 11.8. The summed E-state index contributed by atoms with van der Waals surface area (Å²) in [5.41, 5.74) is 0. The molecule has 0 radical (unpaired) electrons. The standard InChI is InChI=1S/C3HF3O3/c4-2(1(7)8)3(5,6)9-2/h(H,7,8). The zero-order chi connectivity index (χ0) is 7.28. The lowest BCUT2D eigenvalue weighted by Crippen LogP contribution is -2.23. The van der Waals surface area contributed by atoms with Gasteiger partial charge in [0.15, 0.2) is 0 Å². The molecule has 0 spiro atoms. The van der Waals surface area contributed by atoms with Gasteiger partial charge in [0.1, 0.15) is 0 Å². The summed E-state index contributed by atoms with van der Waals surface area (Å²) in [7, 11) is 0. The topological polar surface area (TPSA) is 49.8 Å². The van der Waals surface area contributed by atoms with Crippen LogP contribution in [-0.2, 0) is 9.53 Å². The molecule has 52 valence electrons. The van der Waals surface area contributed by atoms with E-state index in [1.54, 1.807) is 0 Å². The van der Waals surface area contributed by atoms with Crippen molar-refractivity contribution in [1.29, 1.82) is 0 Å². The molecule has 1 aliphatic heterocycles. The van der Waals surface area contributed by atoms with Gasteiger partial charge in [0, 0.05) is 0 Å². The average Bonchev–Trinajstić information content (AvgIpc) is 2.08. The van der Waals surface area contributed by atoms with Crippen LogP contribution >= 0.6 is 0 Å². The largest absolute Gasteiger partial charge is 0.477 e. The van der Waals surface area contributed by atoms with Gasteiger partial charge in [-0.15, -0.1) is 0 Å². The molecule has 1 saturated heterocycles. The second-order valence-corrected chi connectivity index (χ2v) is 1.52. The number of carboxylic acids is 1. The molecular formula is C3HF3O3. The van der Waals surface area contributed by atoms with E-state index < -0.39 is 17.9 Å². The summed E-state index contributed by atoms with van der Waals surface area (Å²) in [5.74, 6) is -6.07. The van der Waals surface area contributed by atoms with E-state index in [1.165, 1.54) is 0 Å². The summed E-state index contributed by atoms with van der Waals surface area (Å²) in [6.45, 7) is 0. The van der Waals surface area contributed by atoms with Crippen molar-refractivity contribution in [3.63, 3.8) is 0 Å². The molecule has 9 heavy (non-hydrogen) atoms. The molecule has 1 aliphatic rings. The fraction of sp³-hybridized carbons (Fsp3) is 0.667. The number of hydrogen-bond acceptors (Lipinski definition) is 2. The molecule has 0 amide bonds. The van der Waals surface area contributed by atoms with Crippen LogP contribution in [0.1, 0.15) is 0 Å². The van der Waals surface area contributed by atoms with E-state index in [0.29, 0.717) is 0 Å². The van der Waals surface area contributed by atoms with E-state index in [1.807, 2.05) is 0 Å². The molecule has 3 nitrogen and oxygen atoms in total. The fourth-order valence-electron chi connectivity index (χ4n) is 0.319. The Hall–Kier alpha value is -0.780. The Bertz CT molecular complexity index is 168. The van der Waals surface area contributed by atoms with Crippen LogP contribution in [0.5, 0.6) is 0 Å². The number of epoxide rings is 1. The van der Waals surface area contributed by atoms with Gasteiger partial charge < -0.3 is 5.11 Å². The SMILES string of the molecule is O=C(O)C1(F)OC1(F)F. The summed E-state index contributed by atoms with van der Waals surface area (Å²) >= 11 is 0. The number of hydrogen-bond donors (Lipinski definition) is 1. The third-order valence-corrected chi connectivity index (χ3v) is 0.877. The molecular weight excluding hydrogens is 141 g/mol. The van der Waals surface area contributed by atoms with Crippen molar-refractivity contribution in [2.24, 2.45) is 0 Å². The number of aliphatic carboxylic acids is 1. The highest BCUT2D eigenvalue weighted by atomic mass is 19.3. The Morgan fingerprint density at radius 2 is 1.78 bits per heavy atom. The van der Waals surface area contributed by atoms with Gasteiger partial charge in [0.05, 0.1) is 0 Å². The molecule has 1 rings (SSSR count). The number of carbonyl (C=O) groups is 1. The van der Waals surface area contributed by atoms with E-state index >= 15 is 0 Å². The van der Waals surface area contributed by atoms with Gasteiger partial charge in [0.25, 0.3) is 0 Å². The first kappa shape index (κ1) is 6.34. The molecule has 1 heterocycles. The average molecular weight is 142 g/mol. The molecule has 1 atom stereocenters. The lowest BCUT2D eigenvalue weighted by molar-refractivity contribution is -0.151. The number of ether oxygens (including phenoxy) is 1. The zero-order valence-corrected chi connectivity index (χ0v) is 3.90. The first-order valence-electron chi connectivity index (χ1n) is 1.90. The first-order chi connectivity index (χ1) is 3.90. The van der Waals surface area contributed by atoms with Crippen LogP contribution in [0.4, 0.5) is 13.2 Å². The molecule has 0 aliphatic carbocycles. The van der Waals surface area contributed by atoms with Gasteiger partial charge in [-0.1, -0.05) is 0 Å². The van der Waals surface area contributed by atoms with Gasteiger partial charge in [-0.25, -0.2) is 4.79 Å². The van der Waals surface area contributed by atoms with Crippen molar-refractivity contribution >= 4 is 5.97 Å². The zero-order valence-electron chi connectivity index (χ0n) is 3.90. The normalized spacial score (nSPS) is 38.1. The number of rotatable bonds is 1. The highest BCUT2D eigenvalue weighted by Gasteiger charge is 2.82. The Morgan fingerprint density at radius 1 is 1.44 bits per heavy atom. The molecule has 6 heteroatoms. The van der Waals surface area contributed by atoms with Crippen molar-refractivity contribution in [1.82, 2.24) is 0 Å². The number of halogens is 3. The van der Waals surface area contributed by atoms with Crippen molar-refractivity contribution in [2.45, 2.75) is 12.0 Å². The molecule has 1 unspecified atom stereocenters. The Kier molecular flexibility index (Phi) is 0.850. The van der Waals surface area contributed by atoms with Crippen LogP contribution in [0.25, 0.3) is 0 Å². The van der Waals surface area contributed by atoms with Gasteiger partial charge >= 0.3 is 17.9 Å². The number of alkyl halides is 3. The van der Waals surface area contributed by atoms with Crippen LogP contribution in [0.15, 0.2) is 0 Å². The van der Waals surface area contributed by atoms with Gasteiger partial charge in [-0.3, -0.25) is 4.74 Å². The minimum atomic E-state index is -4.14. The van der Waals surface area contributed by atoms with Crippen molar-refractivity contribution in [2.75, 3.05) is 0 Å². The van der Waals surface area contributed by atoms with Crippen molar-refractivity contribution in [3.05, 3.63) is 0 Å². The molecule has 0 aromatic rings. The van der Waals surface area contributed by atoms with Crippen LogP contribution in [0.2, 0.25) is 0 Å². The predicted octanol–water partition coefficient (Wildman–Crippen LogP) is 0.360. The first-order valence-corrected chi connectivity index (χ1v) is 1.90. The molecule has 0 aromatic carbocycles. The van der Waals surface area contributed by atoms with Crippen molar-refractivity contribution in [3.8, 4) is 0 Å². The molecule has 0 saturated carbocycles. The van der Waals surface area contributed by atoms with Gasteiger partial charge in [-0.05, 0) is 0 Å². The molecule has 0 aromatic heterocycles. The Labute approximate surface area is 47.0 Å². The minimum Gasteiger partial charge on any atom is -0.477 e. The smallest absolute Gasteiger partial charge is 0.429 e. The Morgan fingerprint density at radius 3 is 1.78 bits per heavy atom. The molecule has 1 N–H and O–H groups in total. The summed E-state index contributed by atoms with van der Waals surface area (Å²) in [6, 6.07) is 0. The van der Waals surface area contributed by atoms with Crippen LogP contribution in [-0.4, -0.2) is 23.0 Å². The number of carboxylic acid groups (broad SMARTS) is 1. The van der Waals surface area contributed by atoms with E-state index in [4.69, 9.17) is 5.11 Å². The quantitative estimate of drug-likeness (QED) is 0.537. The van der Waals surface area contributed by atoms with Crippen molar-refractivity contribution < 1.29 is 27.8 Å². The maximum Gasteiger partial charge on any atom is 0.429 e.